The van der Waals surface area contributed by atoms with Gasteiger partial charge in [-0.15, -0.1) is 5.10 Å². The molecule has 8 nitrogen and oxygen atoms in total. The summed E-state index contributed by atoms with van der Waals surface area (Å²) in [5.41, 5.74) is 6.12. The van der Waals surface area contributed by atoms with Gasteiger partial charge in [0.15, 0.2) is 0 Å². The molecule has 0 saturated heterocycles. The highest BCUT2D eigenvalue weighted by Crippen LogP contribution is 2.39. The van der Waals surface area contributed by atoms with Gasteiger partial charge >= 0.3 is 0 Å². The molecule has 2 aromatic carbocycles. The molecule has 0 bridgehead atoms. The second kappa shape index (κ2) is 10.6. The van der Waals surface area contributed by atoms with Gasteiger partial charge in [0.1, 0.15) is 17.6 Å². The maximum Gasteiger partial charge on any atom is 0.123 e. The van der Waals surface area contributed by atoms with Crippen LogP contribution >= 0.6 is 0 Å². The number of rotatable bonds is 8. The van der Waals surface area contributed by atoms with Gasteiger partial charge in [0.2, 0.25) is 0 Å². The Hall–Kier alpha value is -4.84. The highest BCUT2D eigenvalue weighted by atomic mass is 19.1. The molecule has 41 heavy (non-hydrogen) atoms. The van der Waals surface area contributed by atoms with Gasteiger partial charge in [-0.05, 0) is 54.2 Å². The molecule has 1 aliphatic carbocycles. The molecular formula is C32H31FN8. The average Bonchev–Trinajstić information content (AvgIpc) is 3.71. The van der Waals surface area contributed by atoms with Crippen molar-refractivity contribution < 1.29 is 4.39 Å². The third-order valence-electron chi connectivity index (χ3n) is 7.12. The molecule has 1 atom stereocenters. The highest BCUT2D eigenvalue weighted by Gasteiger charge is 2.27. The summed E-state index contributed by atoms with van der Waals surface area (Å²) in [5, 5.41) is 26.8. The lowest BCUT2D eigenvalue weighted by molar-refractivity contribution is 0.443. The number of fused-ring (bicyclic) bond motifs is 1. The Labute approximate surface area is 238 Å². The fraction of sp³-hybridized carbons (Fsp3) is 0.281. The summed E-state index contributed by atoms with van der Waals surface area (Å²) in [6, 6.07) is 16.7. The van der Waals surface area contributed by atoms with Crippen molar-refractivity contribution in [2.75, 3.05) is 17.2 Å². The van der Waals surface area contributed by atoms with Crippen molar-refractivity contribution in [1.29, 1.82) is 5.26 Å². The molecule has 1 fully saturated rings. The van der Waals surface area contributed by atoms with Crippen molar-refractivity contribution in [2.45, 2.75) is 45.7 Å². The zero-order chi connectivity index (χ0) is 28.6. The molecule has 5 aromatic rings. The molecule has 1 aliphatic rings. The van der Waals surface area contributed by atoms with Crippen LogP contribution in [0.3, 0.4) is 0 Å². The maximum atomic E-state index is 13.9. The predicted octanol–water partition coefficient (Wildman–Crippen LogP) is 6.89. The minimum atomic E-state index is -0.389. The van der Waals surface area contributed by atoms with Gasteiger partial charge in [0, 0.05) is 47.3 Å². The molecule has 0 spiro atoms. The van der Waals surface area contributed by atoms with Crippen LogP contribution in [0.15, 0.2) is 73.3 Å². The summed E-state index contributed by atoms with van der Waals surface area (Å²) in [6.07, 6.45) is 9.31. The van der Waals surface area contributed by atoms with Crippen molar-refractivity contribution in [3.05, 3.63) is 96.0 Å². The molecule has 1 saturated carbocycles. The zero-order valence-electron chi connectivity index (χ0n) is 23.3. The number of anilines is 2. The van der Waals surface area contributed by atoms with Gasteiger partial charge in [0.05, 0.1) is 35.0 Å². The summed E-state index contributed by atoms with van der Waals surface area (Å²) in [7, 11) is 0. The molecule has 0 radical (unpaired) electrons. The lowest BCUT2D eigenvalue weighted by Gasteiger charge is -2.23. The van der Waals surface area contributed by atoms with Gasteiger partial charge in [-0.1, -0.05) is 44.2 Å². The van der Waals surface area contributed by atoms with Crippen molar-refractivity contribution in [2.24, 2.45) is 5.41 Å². The number of benzene rings is 2. The summed E-state index contributed by atoms with van der Waals surface area (Å²) in [6.45, 7) is 7.10. The van der Waals surface area contributed by atoms with Crippen LogP contribution in [0.4, 0.5) is 15.8 Å². The number of hydrogen-bond donors (Lipinski definition) is 2. The number of nitrogens with one attached hydrogen (secondary N) is 2. The van der Waals surface area contributed by atoms with Crippen LogP contribution in [0.5, 0.6) is 0 Å². The Kier molecular flexibility index (Phi) is 6.83. The van der Waals surface area contributed by atoms with E-state index >= 15 is 0 Å². The van der Waals surface area contributed by atoms with Crippen LogP contribution < -0.4 is 10.6 Å². The smallest absolute Gasteiger partial charge is 0.123 e. The van der Waals surface area contributed by atoms with Crippen LogP contribution in [0.2, 0.25) is 0 Å². The van der Waals surface area contributed by atoms with Crippen molar-refractivity contribution in [3.63, 3.8) is 0 Å². The minimum Gasteiger partial charge on any atom is -0.383 e. The van der Waals surface area contributed by atoms with E-state index in [1.165, 1.54) is 12.1 Å². The number of aromatic nitrogens is 5. The minimum absolute atomic E-state index is 0.00851. The number of halogens is 1. The normalized spacial score (nSPS) is 14.0. The van der Waals surface area contributed by atoms with Crippen molar-refractivity contribution in [3.8, 4) is 17.2 Å². The van der Waals surface area contributed by atoms with E-state index in [0.717, 1.165) is 57.5 Å². The molecule has 9 heteroatoms. The van der Waals surface area contributed by atoms with Crippen LogP contribution in [-0.4, -0.2) is 31.5 Å². The molecular weight excluding hydrogens is 515 g/mol. The monoisotopic (exact) mass is 546 g/mol. The van der Waals surface area contributed by atoms with Gasteiger partial charge < -0.3 is 10.6 Å². The number of nitrogens with zero attached hydrogens (tertiary/aromatic N) is 6. The first-order chi connectivity index (χ1) is 19.8. The number of hydrogen-bond acceptors (Lipinski definition) is 7. The molecule has 1 unspecified atom stereocenters. The van der Waals surface area contributed by atoms with E-state index in [2.05, 4.69) is 52.8 Å². The first-order valence-electron chi connectivity index (χ1n) is 13.7. The third-order valence-corrected chi connectivity index (χ3v) is 7.12. The second-order valence-corrected chi connectivity index (χ2v) is 11.7. The Balaban J connectivity index is 1.51. The van der Waals surface area contributed by atoms with Gasteiger partial charge in [-0.3, -0.25) is 9.97 Å². The SMILES string of the molecule is CC(C)(C)CNc1c(C#N)cnc2c(-c3cccnc3)cc(NC(c3ccc(F)cc3)c3cn(C4CC4)nn3)cc12. The number of pyridine rings is 2. The molecule has 3 aromatic heterocycles. The van der Waals surface area contributed by atoms with Crippen LogP contribution in [0.25, 0.3) is 22.0 Å². The lowest BCUT2D eigenvalue weighted by atomic mass is 9.95. The largest absolute Gasteiger partial charge is 0.383 e. The van der Waals surface area contributed by atoms with Crippen molar-refractivity contribution >= 4 is 22.3 Å². The Morgan fingerprint density at radius 1 is 1.12 bits per heavy atom. The van der Waals surface area contributed by atoms with E-state index < -0.39 is 0 Å². The Morgan fingerprint density at radius 2 is 1.93 bits per heavy atom. The lowest BCUT2D eigenvalue weighted by Crippen LogP contribution is -2.20. The first-order valence-corrected chi connectivity index (χ1v) is 13.7. The van der Waals surface area contributed by atoms with E-state index in [1.807, 2.05) is 35.1 Å². The summed E-state index contributed by atoms with van der Waals surface area (Å²) in [5.74, 6) is -0.302. The summed E-state index contributed by atoms with van der Waals surface area (Å²) >= 11 is 0. The van der Waals surface area contributed by atoms with E-state index in [1.54, 1.807) is 30.7 Å². The zero-order valence-corrected chi connectivity index (χ0v) is 23.3. The second-order valence-electron chi connectivity index (χ2n) is 11.7. The first kappa shape index (κ1) is 26.4. The summed E-state index contributed by atoms with van der Waals surface area (Å²) < 4.78 is 15.8. The molecule has 3 heterocycles. The van der Waals surface area contributed by atoms with Crippen LogP contribution in [0.1, 0.15) is 62.5 Å². The fourth-order valence-corrected chi connectivity index (χ4v) is 4.85. The van der Waals surface area contributed by atoms with Gasteiger partial charge in [-0.2, -0.15) is 5.26 Å². The Bertz CT molecular complexity index is 1730. The highest BCUT2D eigenvalue weighted by molar-refractivity contribution is 6.04. The molecule has 0 amide bonds. The van der Waals surface area contributed by atoms with Crippen LogP contribution in [-0.2, 0) is 0 Å². The molecule has 0 aliphatic heterocycles. The van der Waals surface area contributed by atoms with E-state index in [9.17, 15) is 9.65 Å². The maximum absolute atomic E-state index is 13.9. The standard InChI is InChI=1S/C32H31FN8/c1-32(2,3)19-37-29-22(15-34)17-36-31-26(21-5-4-12-35-16-21)13-24(14-27(29)31)38-30(20-6-8-23(33)9-7-20)28-18-41(40-39-28)25-10-11-25/h4-9,12-14,16-18,25,30,38H,10-11,19H2,1-3H3,(H,36,37). The summed E-state index contributed by atoms with van der Waals surface area (Å²) in [4.78, 5) is 9.06. The molecule has 2 N–H and O–H groups in total. The fourth-order valence-electron chi connectivity index (χ4n) is 4.85. The molecule has 6 rings (SSSR count). The van der Waals surface area contributed by atoms with Crippen molar-refractivity contribution in [1.82, 2.24) is 25.0 Å². The average molecular weight is 547 g/mol. The van der Waals surface area contributed by atoms with E-state index in [-0.39, 0.29) is 17.3 Å². The van der Waals surface area contributed by atoms with Crippen LogP contribution in [0, 0.1) is 22.6 Å². The topological polar surface area (TPSA) is 104 Å². The Morgan fingerprint density at radius 3 is 2.61 bits per heavy atom. The van der Waals surface area contributed by atoms with E-state index in [0.29, 0.717) is 18.2 Å². The number of nitriles is 1. The van der Waals surface area contributed by atoms with Gasteiger partial charge in [0.25, 0.3) is 0 Å². The van der Waals surface area contributed by atoms with Gasteiger partial charge in [-0.25, -0.2) is 9.07 Å². The molecule has 206 valence electrons. The predicted molar refractivity (Wildman–Crippen MR) is 158 cm³/mol. The van der Waals surface area contributed by atoms with E-state index in [4.69, 9.17) is 4.98 Å². The third kappa shape index (κ3) is 5.73. The quantitative estimate of drug-likeness (QED) is 0.218.